The number of primary amides is 1. The molecule has 0 aliphatic carbocycles. The zero-order valence-corrected chi connectivity index (χ0v) is 12.1. The van der Waals surface area contributed by atoms with E-state index in [0.717, 1.165) is 15.9 Å². The third kappa shape index (κ3) is 2.88. The Labute approximate surface area is 120 Å². The zero-order valence-electron chi connectivity index (χ0n) is 11.3. The van der Waals surface area contributed by atoms with Crippen molar-refractivity contribution in [2.24, 2.45) is 5.73 Å². The lowest BCUT2D eigenvalue weighted by atomic mass is 10.2. The summed E-state index contributed by atoms with van der Waals surface area (Å²) in [6, 6.07) is 3.37. The maximum atomic E-state index is 12.2. The van der Waals surface area contributed by atoms with Gasteiger partial charge in [0.05, 0.1) is 5.69 Å². The minimum atomic E-state index is -0.459. The number of nitrogens with two attached hydrogens (primary N) is 2. The van der Waals surface area contributed by atoms with Gasteiger partial charge >= 0.3 is 0 Å². The molecule has 0 aliphatic rings. The van der Waals surface area contributed by atoms with Gasteiger partial charge in [0.1, 0.15) is 9.71 Å². The molecule has 2 aromatic rings. The average Bonchev–Trinajstić information content (AvgIpc) is 2.65. The van der Waals surface area contributed by atoms with Crippen LogP contribution in [0.5, 0.6) is 0 Å². The van der Waals surface area contributed by atoms with E-state index >= 15 is 0 Å². The Morgan fingerprint density at radius 1 is 1.45 bits per heavy atom. The summed E-state index contributed by atoms with van der Waals surface area (Å²) in [6.07, 6.45) is 0.0912. The van der Waals surface area contributed by atoms with E-state index in [0.29, 0.717) is 10.6 Å². The van der Waals surface area contributed by atoms with Crippen LogP contribution in [-0.2, 0) is 4.79 Å². The maximum absolute atomic E-state index is 12.2. The summed E-state index contributed by atoms with van der Waals surface area (Å²) in [6.45, 7) is 3.60. The number of hydrogen-bond donors (Lipinski definition) is 3. The Kier molecular flexibility index (Phi) is 3.89. The van der Waals surface area contributed by atoms with Gasteiger partial charge in [0.25, 0.3) is 5.91 Å². The van der Waals surface area contributed by atoms with Crippen molar-refractivity contribution >= 4 is 39.1 Å². The topological polar surface area (TPSA) is 111 Å². The Morgan fingerprint density at radius 2 is 2.15 bits per heavy atom. The molecular weight excluding hydrogens is 276 g/mol. The van der Waals surface area contributed by atoms with Crippen LogP contribution in [0.4, 0.5) is 5.69 Å². The van der Waals surface area contributed by atoms with Gasteiger partial charge in [-0.25, -0.2) is 4.98 Å². The maximum Gasteiger partial charge on any atom is 0.263 e. The van der Waals surface area contributed by atoms with Gasteiger partial charge in [0.15, 0.2) is 0 Å². The quantitative estimate of drug-likeness (QED) is 0.785. The van der Waals surface area contributed by atoms with Crippen LogP contribution in [0.3, 0.4) is 0 Å². The van der Waals surface area contributed by atoms with Crippen molar-refractivity contribution < 1.29 is 9.59 Å². The van der Waals surface area contributed by atoms with Gasteiger partial charge in [-0.1, -0.05) is 0 Å². The number of carbonyl (C=O) groups excluding carboxylic acids is 2. The van der Waals surface area contributed by atoms with Gasteiger partial charge in [-0.2, -0.15) is 0 Å². The molecule has 0 spiro atoms. The summed E-state index contributed by atoms with van der Waals surface area (Å²) in [5.74, 6) is -0.767. The Bertz CT molecular complexity index is 680. The number of nitrogens with zero attached hydrogens (tertiary/aromatic N) is 1. The second-order valence-electron chi connectivity index (χ2n) is 4.70. The van der Waals surface area contributed by atoms with Crippen LogP contribution in [-0.4, -0.2) is 22.8 Å². The lowest BCUT2D eigenvalue weighted by Gasteiger charge is -2.11. The van der Waals surface area contributed by atoms with Gasteiger partial charge in [-0.15, -0.1) is 11.3 Å². The van der Waals surface area contributed by atoms with E-state index in [-0.39, 0.29) is 18.4 Å². The normalized spacial score (nSPS) is 12.3. The molecule has 0 fully saturated rings. The van der Waals surface area contributed by atoms with Gasteiger partial charge in [0.2, 0.25) is 5.91 Å². The molecule has 20 heavy (non-hydrogen) atoms. The fourth-order valence-corrected chi connectivity index (χ4v) is 2.94. The number of carbonyl (C=O) groups is 2. The minimum Gasteiger partial charge on any atom is -0.397 e. The summed E-state index contributed by atoms with van der Waals surface area (Å²) in [4.78, 5) is 28.5. The number of pyridine rings is 1. The monoisotopic (exact) mass is 292 g/mol. The number of nitrogens with one attached hydrogen (secondary N) is 1. The molecule has 2 heterocycles. The molecule has 0 radical (unpaired) electrons. The SMILES string of the molecule is Cc1ccc2c(N)c(C(=O)NC(C)CC(N)=O)sc2n1. The first-order valence-corrected chi connectivity index (χ1v) is 6.95. The summed E-state index contributed by atoms with van der Waals surface area (Å²) in [5.41, 5.74) is 12.4. The Balaban J connectivity index is 2.26. The van der Waals surface area contributed by atoms with Crippen molar-refractivity contribution in [3.8, 4) is 0 Å². The van der Waals surface area contributed by atoms with Crippen LogP contribution in [0.15, 0.2) is 12.1 Å². The first kappa shape index (κ1) is 14.3. The molecule has 7 heteroatoms. The van der Waals surface area contributed by atoms with E-state index < -0.39 is 5.91 Å². The van der Waals surface area contributed by atoms with E-state index in [1.807, 2.05) is 19.1 Å². The van der Waals surface area contributed by atoms with E-state index in [4.69, 9.17) is 11.5 Å². The van der Waals surface area contributed by atoms with Gasteiger partial charge in [-0.05, 0) is 26.0 Å². The fourth-order valence-electron chi connectivity index (χ4n) is 1.90. The molecule has 0 bridgehead atoms. The summed E-state index contributed by atoms with van der Waals surface area (Å²) in [5, 5.41) is 3.48. The van der Waals surface area contributed by atoms with Gasteiger partial charge in [0, 0.05) is 23.5 Å². The molecule has 0 saturated carbocycles. The molecule has 0 saturated heterocycles. The lowest BCUT2D eigenvalue weighted by Crippen LogP contribution is -2.35. The second-order valence-corrected chi connectivity index (χ2v) is 5.69. The second kappa shape index (κ2) is 5.46. The van der Waals surface area contributed by atoms with Crippen molar-refractivity contribution in [1.29, 1.82) is 0 Å². The highest BCUT2D eigenvalue weighted by atomic mass is 32.1. The molecule has 2 aromatic heterocycles. The van der Waals surface area contributed by atoms with E-state index in [1.54, 1.807) is 6.92 Å². The summed E-state index contributed by atoms with van der Waals surface area (Å²) in [7, 11) is 0. The van der Waals surface area contributed by atoms with Crippen LogP contribution in [0.1, 0.15) is 28.7 Å². The number of rotatable bonds is 4. The third-order valence-electron chi connectivity index (χ3n) is 2.82. The summed E-state index contributed by atoms with van der Waals surface area (Å²) >= 11 is 1.24. The highest BCUT2D eigenvalue weighted by Gasteiger charge is 2.19. The van der Waals surface area contributed by atoms with E-state index in [1.165, 1.54) is 11.3 Å². The number of aromatic nitrogens is 1. The summed E-state index contributed by atoms with van der Waals surface area (Å²) < 4.78 is 0. The molecule has 106 valence electrons. The number of nitrogen functional groups attached to an aromatic ring is 1. The molecule has 6 nitrogen and oxygen atoms in total. The molecule has 1 atom stereocenters. The highest BCUT2D eigenvalue weighted by molar-refractivity contribution is 7.21. The number of aryl methyl sites for hydroxylation is 1. The number of anilines is 1. The van der Waals surface area contributed by atoms with Crippen molar-refractivity contribution in [2.75, 3.05) is 5.73 Å². The van der Waals surface area contributed by atoms with Crippen LogP contribution >= 0.6 is 11.3 Å². The lowest BCUT2D eigenvalue weighted by molar-refractivity contribution is -0.118. The zero-order chi connectivity index (χ0) is 14.9. The Hall–Kier alpha value is -2.15. The molecular formula is C13H16N4O2S. The number of fused-ring (bicyclic) bond motifs is 1. The number of amides is 2. The molecule has 0 aliphatic heterocycles. The Morgan fingerprint density at radius 3 is 2.80 bits per heavy atom. The third-order valence-corrected chi connectivity index (χ3v) is 3.94. The van der Waals surface area contributed by atoms with Gasteiger partial charge < -0.3 is 16.8 Å². The smallest absolute Gasteiger partial charge is 0.263 e. The first-order chi connectivity index (χ1) is 9.38. The molecule has 2 rings (SSSR count). The van der Waals surface area contributed by atoms with Crippen LogP contribution in [0.25, 0.3) is 10.2 Å². The molecule has 1 unspecified atom stereocenters. The van der Waals surface area contributed by atoms with Crippen LogP contribution < -0.4 is 16.8 Å². The number of hydrogen-bond acceptors (Lipinski definition) is 5. The van der Waals surface area contributed by atoms with Crippen molar-refractivity contribution in [1.82, 2.24) is 10.3 Å². The molecule has 2 amide bonds. The highest BCUT2D eigenvalue weighted by Crippen LogP contribution is 2.32. The van der Waals surface area contributed by atoms with E-state index in [2.05, 4.69) is 10.3 Å². The minimum absolute atomic E-state index is 0.0912. The standard InChI is InChI=1S/C13H16N4O2S/c1-6-3-4-8-10(15)11(20-13(8)17-6)12(19)16-7(2)5-9(14)18/h3-4,7H,5,15H2,1-2H3,(H2,14,18)(H,16,19). The van der Waals surface area contributed by atoms with Crippen molar-refractivity contribution in [3.63, 3.8) is 0 Å². The van der Waals surface area contributed by atoms with Crippen molar-refractivity contribution in [2.45, 2.75) is 26.3 Å². The average molecular weight is 292 g/mol. The predicted molar refractivity (Wildman–Crippen MR) is 79.5 cm³/mol. The van der Waals surface area contributed by atoms with Gasteiger partial charge in [-0.3, -0.25) is 9.59 Å². The first-order valence-electron chi connectivity index (χ1n) is 6.13. The largest absolute Gasteiger partial charge is 0.397 e. The number of thiophene rings is 1. The van der Waals surface area contributed by atoms with E-state index in [9.17, 15) is 9.59 Å². The molecule has 0 aromatic carbocycles. The van der Waals surface area contributed by atoms with Crippen LogP contribution in [0, 0.1) is 6.92 Å². The predicted octanol–water partition coefficient (Wildman–Crippen LogP) is 1.18. The van der Waals surface area contributed by atoms with Crippen LogP contribution in [0.2, 0.25) is 0 Å². The fraction of sp³-hybridized carbons (Fsp3) is 0.308. The molecule has 5 N–H and O–H groups in total. The van der Waals surface area contributed by atoms with Crippen molar-refractivity contribution in [3.05, 3.63) is 22.7 Å².